The average molecular weight is 182 g/mol. The molecule has 56 valence electrons. The van der Waals surface area contributed by atoms with E-state index < -0.39 is 0 Å². The van der Waals surface area contributed by atoms with Crippen molar-refractivity contribution < 1.29 is 47.1 Å². The molecule has 0 nitrogen and oxygen atoms in total. The first-order valence-corrected chi connectivity index (χ1v) is 0. The van der Waals surface area contributed by atoms with Gasteiger partial charge in [0.1, 0.15) is 0 Å². The summed E-state index contributed by atoms with van der Waals surface area (Å²) in [5.74, 6) is 0. The molecular weight excluding hydrogens is 176 g/mol. The second-order valence-corrected chi connectivity index (χ2v) is 0. The van der Waals surface area contributed by atoms with Crippen LogP contribution >= 0.6 is 9.90 Å². The van der Waals surface area contributed by atoms with E-state index in [1.165, 1.54) is 0 Å². The Kier molecular flexibility index (Phi) is 18700. The molecule has 0 heterocycles. The van der Waals surface area contributed by atoms with Crippen molar-refractivity contribution in [2.45, 2.75) is 0 Å². The van der Waals surface area contributed by atoms with Crippen LogP contribution in [-0.2, 0) is 0 Å². The molecular formula is H6F6LiMgP. The van der Waals surface area contributed by atoms with Crippen LogP contribution in [0, 0.1) is 0 Å². The first-order valence-electron chi connectivity index (χ1n) is 0. The minimum atomic E-state index is 0. The SMILES string of the molecule is F.F.F.P.[F-].[F-].[F-].[Li+].[Mg+2]. The van der Waals surface area contributed by atoms with Gasteiger partial charge in [-0.05, 0) is 0 Å². The van der Waals surface area contributed by atoms with Crippen molar-refractivity contribution >= 4 is 33.0 Å². The third-order valence-corrected chi connectivity index (χ3v) is 0. The summed E-state index contributed by atoms with van der Waals surface area (Å²) in [4.78, 5) is 0. The second kappa shape index (κ2) is 348. The van der Waals surface area contributed by atoms with E-state index in [9.17, 15) is 0 Å². The smallest absolute Gasteiger partial charge is 1.00 e. The molecule has 0 spiro atoms. The Balaban J connectivity index is 0. The number of halogens is 6. The predicted octanol–water partition coefficient (Wildman–Crippen LogP) is -11.8. The van der Waals surface area contributed by atoms with Crippen LogP contribution in [0.1, 0.15) is 0 Å². The molecule has 1 atom stereocenters. The maximum Gasteiger partial charge on any atom is 2.00 e. The van der Waals surface area contributed by atoms with Crippen molar-refractivity contribution in [2.24, 2.45) is 0 Å². The minimum Gasteiger partial charge on any atom is -1.00 e. The van der Waals surface area contributed by atoms with Gasteiger partial charge in [-0.3, -0.25) is 14.1 Å². The Morgan fingerprint density at radius 1 is 0.556 bits per heavy atom. The molecule has 0 aliphatic heterocycles. The van der Waals surface area contributed by atoms with Gasteiger partial charge in [-0.25, -0.2) is 0 Å². The molecule has 0 N–H and O–H groups in total. The zero-order valence-electron chi connectivity index (χ0n) is 4.77. The molecule has 0 saturated heterocycles. The normalized spacial score (nSPS) is 0. The van der Waals surface area contributed by atoms with Crippen molar-refractivity contribution in [1.82, 2.24) is 0 Å². The molecule has 0 aromatic heterocycles. The molecule has 0 aliphatic carbocycles. The maximum absolute atomic E-state index is 0. The monoisotopic (exact) mass is 182 g/mol. The van der Waals surface area contributed by atoms with Crippen molar-refractivity contribution in [3.63, 3.8) is 0 Å². The molecule has 9 heteroatoms. The molecule has 0 aromatic rings. The molecule has 1 unspecified atom stereocenters. The molecule has 9 heavy (non-hydrogen) atoms. The fraction of sp³-hybridized carbons (Fsp3) is 0. The zero-order valence-corrected chi connectivity index (χ0v) is 7.60. The largest absolute Gasteiger partial charge is 2.00 e. The third-order valence-electron chi connectivity index (χ3n) is 0. The van der Waals surface area contributed by atoms with Crippen LogP contribution in [0.5, 0.6) is 0 Å². The van der Waals surface area contributed by atoms with E-state index in [1.807, 2.05) is 0 Å². The summed E-state index contributed by atoms with van der Waals surface area (Å²) in [6.07, 6.45) is 0. The predicted molar refractivity (Wildman–Crippen MR) is 24.4 cm³/mol. The Morgan fingerprint density at radius 3 is 0.556 bits per heavy atom. The van der Waals surface area contributed by atoms with Crippen LogP contribution < -0.4 is 33.0 Å². The number of hydrogen-bond donors (Lipinski definition) is 0. The topological polar surface area (TPSA) is 0 Å². The summed E-state index contributed by atoms with van der Waals surface area (Å²) in [5, 5.41) is 0. The molecule has 0 rings (SSSR count). The summed E-state index contributed by atoms with van der Waals surface area (Å²) in [7, 11) is 0. The van der Waals surface area contributed by atoms with Gasteiger partial charge in [0.2, 0.25) is 0 Å². The third kappa shape index (κ3) is 270. The molecule has 0 radical (unpaired) electrons. The fourth-order valence-electron chi connectivity index (χ4n) is 0. The van der Waals surface area contributed by atoms with E-state index in [4.69, 9.17) is 0 Å². The summed E-state index contributed by atoms with van der Waals surface area (Å²) in [6.45, 7) is 0. The summed E-state index contributed by atoms with van der Waals surface area (Å²) in [5.41, 5.74) is 0. The summed E-state index contributed by atoms with van der Waals surface area (Å²) < 4.78 is 0. The van der Waals surface area contributed by atoms with Crippen LogP contribution in [0.3, 0.4) is 0 Å². The van der Waals surface area contributed by atoms with Gasteiger partial charge in [0.15, 0.2) is 0 Å². The van der Waals surface area contributed by atoms with Crippen LogP contribution in [-0.4, -0.2) is 23.1 Å². The Hall–Kier alpha value is 1.37. The first kappa shape index (κ1) is 483. The maximum atomic E-state index is 0. The average Bonchev–Trinajstić information content (AvgIpc) is 0. The van der Waals surface area contributed by atoms with Crippen molar-refractivity contribution in [3.8, 4) is 0 Å². The van der Waals surface area contributed by atoms with E-state index in [-0.39, 0.29) is 80.0 Å². The van der Waals surface area contributed by atoms with Crippen molar-refractivity contribution in [1.29, 1.82) is 0 Å². The van der Waals surface area contributed by atoms with Crippen molar-refractivity contribution in [2.75, 3.05) is 0 Å². The zero-order chi connectivity index (χ0) is 0. The van der Waals surface area contributed by atoms with Crippen LogP contribution in [0.2, 0.25) is 0 Å². The van der Waals surface area contributed by atoms with Gasteiger partial charge in [-0.15, -0.1) is 0 Å². The van der Waals surface area contributed by atoms with Crippen LogP contribution in [0.15, 0.2) is 0 Å². The molecule has 0 aromatic carbocycles. The molecule has 0 fully saturated rings. The molecule has 0 saturated carbocycles. The number of hydrogen-bond acceptors (Lipinski definition) is 0. The quantitative estimate of drug-likeness (QED) is 0.198. The van der Waals surface area contributed by atoms with Gasteiger partial charge in [-0.1, -0.05) is 0 Å². The first-order chi connectivity index (χ1) is 0. The fourth-order valence-corrected chi connectivity index (χ4v) is 0. The van der Waals surface area contributed by atoms with E-state index in [0.29, 0.717) is 0 Å². The van der Waals surface area contributed by atoms with E-state index in [0.717, 1.165) is 0 Å². The van der Waals surface area contributed by atoms with Crippen molar-refractivity contribution in [3.05, 3.63) is 0 Å². The minimum absolute atomic E-state index is 0. The van der Waals surface area contributed by atoms with Gasteiger partial charge in [-0.2, -0.15) is 9.90 Å². The van der Waals surface area contributed by atoms with Gasteiger partial charge in [0.05, 0.1) is 0 Å². The summed E-state index contributed by atoms with van der Waals surface area (Å²) in [6, 6.07) is 0. The molecule has 0 bridgehead atoms. The van der Waals surface area contributed by atoms with Gasteiger partial charge in [0, 0.05) is 0 Å². The second-order valence-electron chi connectivity index (χ2n) is 0. The van der Waals surface area contributed by atoms with Gasteiger partial charge >= 0.3 is 41.9 Å². The number of rotatable bonds is 0. The van der Waals surface area contributed by atoms with E-state index >= 15 is 0 Å². The Bertz CT molecular complexity index is 13.0. The molecule has 0 aliphatic rings. The Morgan fingerprint density at radius 2 is 0.556 bits per heavy atom. The summed E-state index contributed by atoms with van der Waals surface area (Å²) >= 11 is 0. The van der Waals surface area contributed by atoms with E-state index in [2.05, 4.69) is 0 Å². The Labute approximate surface area is 80.1 Å². The van der Waals surface area contributed by atoms with E-state index in [1.54, 1.807) is 0 Å². The molecule has 0 amide bonds. The van der Waals surface area contributed by atoms with Crippen LogP contribution in [0.4, 0.5) is 14.1 Å². The van der Waals surface area contributed by atoms with Gasteiger partial charge < -0.3 is 14.1 Å². The van der Waals surface area contributed by atoms with Gasteiger partial charge in [0.25, 0.3) is 0 Å². The van der Waals surface area contributed by atoms with Crippen LogP contribution in [0.25, 0.3) is 0 Å². The standard InChI is InChI=1S/6FH.Li.Mg.H3P/h6*1H;;;1H3/q;;;;;;+1;+2;/p-3.